The largest absolute Gasteiger partial charge is 0.444 e. The van der Waals surface area contributed by atoms with Crippen molar-refractivity contribution in [3.63, 3.8) is 0 Å². The molecule has 3 aliphatic rings. The van der Waals surface area contributed by atoms with Gasteiger partial charge in [-0.1, -0.05) is 61.0 Å². The van der Waals surface area contributed by atoms with Gasteiger partial charge >= 0.3 is 6.09 Å². The SMILES string of the molecule is CC1=C(C[C@H](N)C(=O)N2CCCC[C@@H]2c2ccc(CN(C(=O)OC(C)(C)C)[C@@H](Cc3ccccc3C)C(=O)N3CCCC[C@@H]3c3cccnc3)nc2)C=CCC1C. The summed E-state index contributed by atoms with van der Waals surface area (Å²) in [5.41, 5.74) is 12.9. The summed E-state index contributed by atoms with van der Waals surface area (Å²) < 4.78 is 6.03. The van der Waals surface area contributed by atoms with Crippen molar-refractivity contribution >= 4 is 17.9 Å². The molecule has 2 fully saturated rings. The fourth-order valence-electron chi connectivity index (χ4n) is 8.56. The molecule has 0 saturated carbocycles. The van der Waals surface area contributed by atoms with Gasteiger partial charge in [-0.25, -0.2) is 4.79 Å². The normalized spacial score (nSPS) is 21.2. The van der Waals surface area contributed by atoms with E-state index in [1.165, 1.54) is 5.57 Å². The predicted octanol–water partition coefficient (Wildman–Crippen LogP) is 8.57. The first-order chi connectivity index (χ1) is 27.3. The predicted molar refractivity (Wildman–Crippen MR) is 224 cm³/mol. The van der Waals surface area contributed by atoms with Gasteiger partial charge in [0, 0.05) is 38.1 Å². The summed E-state index contributed by atoms with van der Waals surface area (Å²) in [5, 5.41) is 0. The van der Waals surface area contributed by atoms with Crippen LogP contribution in [0.1, 0.15) is 126 Å². The molecule has 2 aromatic heterocycles. The number of ether oxygens (including phenoxy) is 1. The first-order valence-corrected chi connectivity index (χ1v) is 20.9. The number of aromatic nitrogens is 2. The van der Waals surface area contributed by atoms with Gasteiger partial charge in [0.15, 0.2) is 0 Å². The number of pyridine rings is 2. The number of allylic oxidation sites excluding steroid dienone is 3. The standard InChI is InChI=1S/C47H62N6O4/c1-32-16-13-18-36(34(32)3)27-40(48)44(54)51-25-11-9-21-42(51)38-22-23-39(50-30-38)31-53(46(56)57-47(4,5)6)43(28-35-17-8-7-15-33(35)2)45(55)52-26-12-10-20-41(52)37-19-14-24-49-29-37/h7-8,13-15,17-19,22-24,29-30,32,40-43H,9-12,16,20-21,25-28,31,48H2,1-6H3/t32?,40-,41+,42+,43-/m0/s1. The van der Waals surface area contributed by atoms with Crippen molar-refractivity contribution in [2.75, 3.05) is 13.1 Å². The van der Waals surface area contributed by atoms with E-state index in [1.807, 2.05) is 98.4 Å². The van der Waals surface area contributed by atoms with E-state index in [4.69, 9.17) is 15.5 Å². The van der Waals surface area contributed by atoms with Gasteiger partial charge in [-0.05, 0) is 132 Å². The lowest BCUT2D eigenvalue weighted by Gasteiger charge is -2.41. The van der Waals surface area contributed by atoms with Crippen LogP contribution in [0.3, 0.4) is 0 Å². The third-order valence-corrected chi connectivity index (χ3v) is 12.0. The van der Waals surface area contributed by atoms with Crippen molar-refractivity contribution in [1.29, 1.82) is 0 Å². The van der Waals surface area contributed by atoms with Gasteiger partial charge < -0.3 is 20.3 Å². The van der Waals surface area contributed by atoms with Crippen molar-refractivity contribution < 1.29 is 19.1 Å². The summed E-state index contributed by atoms with van der Waals surface area (Å²) in [4.78, 5) is 58.0. The Kier molecular flexibility index (Phi) is 13.7. The molecule has 10 heteroatoms. The molecule has 5 atom stereocenters. The highest BCUT2D eigenvalue weighted by molar-refractivity contribution is 5.87. The Morgan fingerprint density at radius 2 is 1.56 bits per heavy atom. The number of nitrogens with zero attached hydrogens (tertiary/aromatic N) is 5. The Morgan fingerprint density at radius 1 is 0.877 bits per heavy atom. The minimum atomic E-state index is -0.853. The maximum atomic E-state index is 15.1. The molecule has 57 heavy (non-hydrogen) atoms. The molecule has 2 N–H and O–H groups in total. The molecule has 2 saturated heterocycles. The number of hydrogen-bond donors (Lipinski definition) is 1. The first-order valence-electron chi connectivity index (χ1n) is 20.9. The van der Waals surface area contributed by atoms with E-state index in [-0.39, 0.29) is 30.4 Å². The van der Waals surface area contributed by atoms with E-state index in [0.29, 0.717) is 37.5 Å². The lowest BCUT2D eigenvalue weighted by Crippen LogP contribution is -2.54. The van der Waals surface area contributed by atoms with Crippen LogP contribution in [0.15, 0.2) is 90.4 Å². The molecule has 0 radical (unpaired) electrons. The molecule has 304 valence electrons. The summed E-state index contributed by atoms with van der Waals surface area (Å²) in [6.07, 6.45) is 16.5. The van der Waals surface area contributed by atoms with E-state index in [2.05, 4.69) is 31.0 Å². The lowest BCUT2D eigenvalue weighted by molar-refractivity contribution is -0.141. The van der Waals surface area contributed by atoms with Gasteiger partial charge in [0.05, 0.1) is 30.4 Å². The number of likely N-dealkylation sites (tertiary alicyclic amines) is 2. The van der Waals surface area contributed by atoms with Crippen molar-refractivity contribution in [3.8, 4) is 0 Å². The van der Waals surface area contributed by atoms with Crippen LogP contribution in [0, 0.1) is 12.8 Å². The second-order valence-electron chi connectivity index (χ2n) is 17.3. The summed E-state index contributed by atoms with van der Waals surface area (Å²) in [7, 11) is 0. The number of rotatable bonds is 11. The van der Waals surface area contributed by atoms with Gasteiger partial charge in [0.25, 0.3) is 0 Å². The molecule has 1 aromatic carbocycles. The van der Waals surface area contributed by atoms with Crippen LogP contribution in [-0.4, -0.2) is 73.3 Å². The molecular formula is C47H62N6O4. The van der Waals surface area contributed by atoms with E-state index in [9.17, 15) is 9.59 Å². The van der Waals surface area contributed by atoms with Crippen LogP contribution in [0.2, 0.25) is 0 Å². The number of hydrogen-bond acceptors (Lipinski definition) is 7. The zero-order valence-electron chi connectivity index (χ0n) is 34.8. The molecule has 6 rings (SSSR count). The average Bonchev–Trinajstić information content (AvgIpc) is 3.21. The van der Waals surface area contributed by atoms with Gasteiger partial charge in [0.1, 0.15) is 11.6 Å². The highest BCUT2D eigenvalue weighted by Crippen LogP contribution is 2.35. The minimum absolute atomic E-state index is 0.0355. The molecule has 4 heterocycles. The molecule has 3 aromatic rings. The zero-order chi connectivity index (χ0) is 40.7. The molecule has 3 amide bonds. The second-order valence-corrected chi connectivity index (χ2v) is 17.3. The van der Waals surface area contributed by atoms with Gasteiger partial charge in [-0.15, -0.1) is 0 Å². The maximum Gasteiger partial charge on any atom is 0.411 e. The van der Waals surface area contributed by atoms with E-state index in [1.54, 1.807) is 11.1 Å². The molecular weight excluding hydrogens is 713 g/mol. The minimum Gasteiger partial charge on any atom is -0.444 e. The van der Waals surface area contributed by atoms with Gasteiger partial charge in [0.2, 0.25) is 11.8 Å². The molecule has 1 unspecified atom stereocenters. The molecule has 0 spiro atoms. The van der Waals surface area contributed by atoms with Crippen LogP contribution >= 0.6 is 0 Å². The zero-order valence-corrected chi connectivity index (χ0v) is 34.8. The average molecular weight is 775 g/mol. The Hall–Kier alpha value is -4.83. The Labute approximate surface area is 339 Å². The summed E-state index contributed by atoms with van der Waals surface area (Å²) >= 11 is 0. The first kappa shape index (κ1) is 41.8. The highest BCUT2D eigenvalue weighted by Gasteiger charge is 2.40. The third-order valence-electron chi connectivity index (χ3n) is 12.0. The maximum absolute atomic E-state index is 15.1. The van der Waals surface area contributed by atoms with Crippen LogP contribution < -0.4 is 5.73 Å². The number of piperidine rings is 2. The van der Waals surface area contributed by atoms with E-state index in [0.717, 1.165) is 72.8 Å². The topological polar surface area (TPSA) is 122 Å². The Morgan fingerprint density at radius 3 is 2.19 bits per heavy atom. The quantitative estimate of drug-likeness (QED) is 0.207. The summed E-state index contributed by atoms with van der Waals surface area (Å²) in [6.45, 7) is 13.2. The van der Waals surface area contributed by atoms with Crippen LogP contribution in [0.5, 0.6) is 0 Å². The number of nitrogens with two attached hydrogens (primary N) is 1. The summed E-state index contributed by atoms with van der Waals surface area (Å²) in [6, 6.07) is 14.1. The van der Waals surface area contributed by atoms with E-state index < -0.39 is 23.8 Å². The molecule has 2 aliphatic heterocycles. The fourth-order valence-corrected chi connectivity index (χ4v) is 8.56. The lowest BCUT2D eigenvalue weighted by atomic mass is 9.86. The van der Waals surface area contributed by atoms with Gasteiger partial charge in [-0.3, -0.25) is 24.5 Å². The third kappa shape index (κ3) is 10.4. The number of aryl methyl sites for hydroxylation is 1. The monoisotopic (exact) mass is 774 g/mol. The van der Waals surface area contributed by atoms with Crippen LogP contribution in [-0.2, 0) is 27.3 Å². The van der Waals surface area contributed by atoms with Gasteiger partial charge in [-0.2, -0.15) is 0 Å². The smallest absolute Gasteiger partial charge is 0.411 e. The Balaban J connectivity index is 1.29. The van der Waals surface area contributed by atoms with Crippen molar-refractivity contribution in [1.82, 2.24) is 24.7 Å². The van der Waals surface area contributed by atoms with Crippen molar-refractivity contribution in [3.05, 3.63) is 118 Å². The van der Waals surface area contributed by atoms with Crippen LogP contribution in [0.4, 0.5) is 4.79 Å². The summed E-state index contributed by atoms with van der Waals surface area (Å²) in [5.74, 6) is 0.299. The number of benzene rings is 1. The number of carbonyl (C=O) groups is 3. The van der Waals surface area contributed by atoms with E-state index >= 15 is 4.79 Å². The van der Waals surface area contributed by atoms with Crippen molar-refractivity contribution in [2.45, 2.75) is 136 Å². The number of amides is 3. The highest BCUT2D eigenvalue weighted by atomic mass is 16.6. The van der Waals surface area contributed by atoms with Crippen LogP contribution in [0.25, 0.3) is 0 Å². The molecule has 1 aliphatic carbocycles. The fraction of sp³-hybridized carbons (Fsp3) is 0.511. The second kappa shape index (κ2) is 18.6. The molecule has 0 bridgehead atoms. The van der Waals surface area contributed by atoms with Crippen molar-refractivity contribution in [2.24, 2.45) is 11.7 Å². The Bertz CT molecular complexity index is 1920. The number of carbonyl (C=O) groups excluding carboxylic acids is 3. The molecule has 10 nitrogen and oxygen atoms in total.